The number of carbonyl (C=O) groups excluding carboxylic acids is 1. The second-order valence-electron chi connectivity index (χ2n) is 4.52. The van der Waals surface area contributed by atoms with Crippen molar-refractivity contribution < 1.29 is 19.4 Å². The van der Waals surface area contributed by atoms with Crippen molar-refractivity contribution in [1.29, 1.82) is 0 Å². The molecule has 2 amide bonds. The summed E-state index contributed by atoms with van der Waals surface area (Å²) < 4.78 is 4.82. The quantitative estimate of drug-likeness (QED) is 0.736. The maximum Gasteiger partial charge on any atom is 0.329 e. The van der Waals surface area contributed by atoms with Gasteiger partial charge in [-0.15, -0.1) is 0 Å². The van der Waals surface area contributed by atoms with E-state index in [0.717, 1.165) is 5.56 Å². The smallest absolute Gasteiger partial charge is 0.329 e. The monoisotopic (exact) mass is 280 g/mol. The van der Waals surface area contributed by atoms with E-state index < -0.39 is 5.97 Å². The summed E-state index contributed by atoms with van der Waals surface area (Å²) in [7, 11) is 1.70. The lowest BCUT2D eigenvalue weighted by atomic mass is 10.1. The zero-order valence-corrected chi connectivity index (χ0v) is 11.8. The average molecular weight is 280 g/mol. The van der Waals surface area contributed by atoms with Gasteiger partial charge in [-0.2, -0.15) is 0 Å². The van der Waals surface area contributed by atoms with Gasteiger partial charge in [-0.05, 0) is 12.5 Å². The number of hydrogen-bond acceptors (Lipinski definition) is 3. The van der Waals surface area contributed by atoms with Crippen LogP contribution in [0.5, 0.6) is 0 Å². The van der Waals surface area contributed by atoms with Crippen molar-refractivity contribution in [3.05, 3.63) is 35.4 Å². The van der Waals surface area contributed by atoms with Crippen molar-refractivity contribution in [3.63, 3.8) is 0 Å². The molecule has 0 aliphatic rings. The molecule has 0 aromatic heterocycles. The molecule has 0 aliphatic heterocycles. The van der Waals surface area contributed by atoms with Crippen molar-refractivity contribution in [2.75, 3.05) is 26.8 Å². The van der Waals surface area contributed by atoms with Crippen LogP contribution < -0.4 is 5.32 Å². The Morgan fingerprint density at radius 2 is 1.95 bits per heavy atom. The highest BCUT2D eigenvalue weighted by atomic mass is 16.5. The Morgan fingerprint density at radius 3 is 2.55 bits per heavy atom. The zero-order valence-electron chi connectivity index (χ0n) is 11.8. The topological polar surface area (TPSA) is 78.9 Å². The molecule has 0 atom stereocenters. The van der Waals surface area contributed by atoms with Crippen LogP contribution in [0.2, 0.25) is 0 Å². The molecule has 0 spiro atoms. The van der Waals surface area contributed by atoms with E-state index in [9.17, 15) is 9.59 Å². The number of hydrogen-bond donors (Lipinski definition) is 2. The van der Waals surface area contributed by atoms with Crippen LogP contribution in [0.25, 0.3) is 0 Å². The fraction of sp³-hybridized carbons (Fsp3) is 0.429. The van der Waals surface area contributed by atoms with Crippen LogP contribution in [-0.2, 0) is 16.1 Å². The number of amides is 2. The van der Waals surface area contributed by atoms with Gasteiger partial charge in [0, 0.05) is 20.1 Å². The molecule has 6 nitrogen and oxygen atoms in total. The van der Waals surface area contributed by atoms with Crippen LogP contribution in [0.15, 0.2) is 24.3 Å². The van der Waals surface area contributed by atoms with Gasteiger partial charge >= 0.3 is 12.0 Å². The minimum atomic E-state index is -1.02. The van der Waals surface area contributed by atoms with Gasteiger partial charge in [0.05, 0.1) is 6.61 Å². The summed E-state index contributed by atoms with van der Waals surface area (Å²) in [6.45, 7) is 2.63. The minimum Gasteiger partial charge on any atom is -0.480 e. The highest BCUT2D eigenvalue weighted by molar-refractivity contribution is 5.73. The molecular formula is C14H20N2O4. The number of carbonyl (C=O) groups is 2. The molecule has 0 saturated heterocycles. The lowest BCUT2D eigenvalue weighted by molar-refractivity contribution is -0.142. The van der Waals surface area contributed by atoms with Gasteiger partial charge in [-0.1, -0.05) is 29.8 Å². The number of rotatable bonds is 7. The Hall–Kier alpha value is -2.08. The van der Waals surface area contributed by atoms with Crippen LogP contribution in [0.1, 0.15) is 11.1 Å². The summed E-state index contributed by atoms with van der Waals surface area (Å²) in [6, 6.07) is 7.75. The second-order valence-corrected chi connectivity index (χ2v) is 4.52. The molecule has 0 aliphatic carbocycles. The molecule has 6 heteroatoms. The Balaban J connectivity index is 2.25. The van der Waals surface area contributed by atoms with Crippen molar-refractivity contribution in [3.8, 4) is 0 Å². The van der Waals surface area contributed by atoms with Gasteiger partial charge < -0.3 is 20.1 Å². The molecule has 110 valence electrons. The average Bonchev–Trinajstić information content (AvgIpc) is 2.40. The van der Waals surface area contributed by atoms with Gasteiger partial charge in [0.2, 0.25) is 0 Å². The molecule has 1 rings (SSSR count). The first-order valence-corrected chi connectivity index (χ1v) is 6.33. The molecule has 0 saturated carbocycles. The molecule has 0 bridgehead atoms. The Kier molecular flexibility index (Phi) is 6.52. The van der Waals surface area contributed by atoms with Gasteiger partial charge in [0.15, 0.2) is 0 Å². The summed E-state index contributed by atoms with van der Waals surface area (Å²) in [4.78, 5) is 23.5. The molecule has 1 aromatic rings. The van der Waals surface area contributed by atoms with Gasteiger partial charge in [-0.3, -0.25) is 0 Å². The second kappa shape index (κ2) is 8.16. The third kappa shape index (κ3) is 6.19. The van der Waals surface area contributed by atoms with E-state index in [0.29, 0.717) is 6.54 Å². The first-order valence-electron chi connectivity index (χ1n) is 6.33. The van der Waals surface area contributed by atoms with Crippen LogP contribution in [-0.4, -0.2) is 48.8 Å². The Labute approximate surface area is 118 Å². The third-order valence-electron chi connectivity index (χ3n) is 2.64. The Bertz CT molecular complexity index is 445. The van der Waals surface area contributed by atoms with E-state index in [4.69, 9.17) is 9.84 Å². The number of ether oxygens (including phenoxy) is 1. The van der Waals surface area contributed by atoms with E-state index >= 15 is 0 Å². The third-order valence-corrected chi connectivity index (χ3v) is 2.64. The normalized spacial score (nSPS) is 10.1. The molecule has 0 heterocycles. The van der Waals surface area contributed by atoms with Crippen molar-refractivity contribution in [2.45, 2.75) is 13.5 Å². The van der Waals surface area contributed by atoms with Crippen LogP contribution in [0, 0.1) is 6.92 Å². The number of carboxylic acid groups (broad SMARTS) is 1. The highest BCUT2D eigenvalue weighted by Gasteiger charge is 2.08. The summed E-state index contributed by atoms with van der Waals surface area (Å²) in [6.07, 6.45) is 0. The molecule has 1 aromatic carbocycles. The summed E-state index contributed by atoms with van der Waals surface area (Å²) in [5.74, 6) is -1.02. The Morgan fingerprint density at radius 1 is 1.30 bits per heavy atom. The van der Waals surface area contributed by atoms with Crippen molar-refractivity contribution in [2.24, 2.45) is 0 Å². The lowest BCUT2D eigenvalue weighted by Gasteiger charge is -2.18. The largest absolute Gasteiger partial charge is 0.480 e. The lowest BCUT2D eigenvalue weighted by Crippen LogP contribution is -2.38. The molecule has 0 radical (unpaired) electrons. The number of nitrogens with zero attached hydrogens (tertiary/aromatic N) is 1. The van der Waals surface area contributed by atoms with Crippen molar-refractivity contribution in [1.82, 2.24) is 10.2 Å². The van der Waals surface area contributed by atoms with Crippen LogP contribution in [0.3, 0.4) is 0 Å². The number of urea groups is 1. The standard InChI is InChI=1S/C14H20N2O4/c1-11-3-5-12(6-4-11)9-16(2)14(19)15-7-8-20-10-13(17)18/h3-6H,7-10H2,1-2H3,(H,15,19)(H,17,18). The molecule has 2 N–H and O–H groups in total. The van der Waals surface area contributed by atoms with Gasteiger partial charge in [0.25, 0.3) is 0 Å². The number of aryl methyl sites for hydroxylation is 1. The van der Waals surface area contributed by atoms with Gasteiger partial charge in [-0.25, -0.2) is 9.59 Å². The first kappa shape index (κ1) is 16.0. The van der Waals surface area contributed by atoms with E-state index in [1.807, 2.05) is 31.2 Å². The minimum absolute atomic E-state index is 0.177. The number of benzene rings is 1. The predicted octanol–water partition coefficient (Wildman–Crippen LogP) is 1.24. The van der Waals surface area contributed by atoms with E-state index in [-0.39, 0.29) is 25.8 Å². The van der Waals surface area contributed by atoms with Crippen LogP contribution >= 0.6 is 0 Å². The molecule has 0 unspecified atom stereocenters. The number of aliphatic carboxylic acids is 1. The zero-order chi connectivity index (χ0) is 15.0. The number of carboxylic acids is 1. The first-order chi connectivity index (χ1) is 9.49. The van der Waals surface area contributed by atoms with E-state index in [2.05, 4.69) is 5.32 Å². The SMILES string of the molecule is Cc1ccc(CN(C)C(=O)NCCOCC(=O)O)cc1. The van der Waals surface area contributed by atoms with Crippen molar-refractivity contribution >= 4 is 12.0 Å². The maximum absolute atomic E-state index is 11.8. The fourth-order valence-corrected chi connectivity index (χ4v) is 1.56. The maximum atomic E-state index is 11.8. The molecule has 20 heavy (non-hydrogen) atoms. The predicted molar refractivity (Wildman–Crippen MR) is 74.5 cm³/mol. The summed E-state index contributed by atoms with van der Waals surface area (Å²) in [5.41, 5.74) is 2.23. The van der Waals surface area contributed by atoms with Gasteiger partial charge in [0.1, 0.15) is 6.61 Å². The highest BCUT2D eigenvalue weighted by Crippen LogP contribution is 2.05. The summed E-state index contributed by atoms with van der Waals surface area (Å²) >= 11 is 0. The molecule has 0 fully saturated rings. The van der Waals surface area contributed by atoms with E-state index in [1.54, 1.807) is 11.9 Å². The number of nitrogens with one attached hydrogen (secondary N) is 1. The summed E-state index contributed by atoms with van der Waals surface area (Å²) in [5, 5.41) is 11.0. The molecular weight excluding hydrogens is 260 g/mol. The van der Waals surface area contributed by atoms with E-state index in [1.165, 1.54) is 5.56 Å². The fourth-order valence-electron chi connectivity index (χ4n) is 1.56. The van der Waals surface area contributed by atoms with Crippen LogP contribution in [0.4, 0.5) is 4.79 Å².